The van der Waals surface area contributed by atoms with E-state index in [1.54, 1.807) is 0 Å². The first-order chi connectivity index (χ1) is 9.29. The molecule has 106 valence electrons. The molecule has 0 aliphatic carbocycles. The normalized spacial score (nSPS) is 12.1. The summed E-state index contributed by atoms with van der Waals surface area (Å²) < 4.78 is 10.3. The lowest BCUT2D eigenvalue weighted by Gasteiger charge is -2.16. The summed E-state index contributed by atoms with van der Waals surface area (Å²) in [6.45, 7) is 4.12. The van der Waals surface area contributed by atoms with Gasteiger partial charge < -0.3 is 9.47 Å². The van der Waals surface area contributed by atoms with Crippen molar-refractivity contribution in [3.8, 4) is 0 Å². The average molecular weight is 265 g/mol. The summed E-state index contributed by atoms with van der Waals surface area (Å²) in [6.07, 6.45) is 2.20. The molecule has 0 fully saturated rings. The molecule has 0 aliphatic heterocycles. The van der Waals surface area contributed by atoms with Gasteiger partial charge in [-0.1, -0.05) is 43.7 Å². The predicted molar refractivity (Wildman–Crippen MR) is 74.9 cm³/mol. The molecule has 0 amide bonds. The van der Waals surface area contributed by atoms with E-state index in [4.69, 9.17) is 9.47 Å². The lowest BCUT2D eigenvalue weighted by atomic mass is 10.1. The van der Waals surface area contributed by atoms with Crippen LogP contribution in [0.1, 0.15) is 31.4 Å². The van der Waals surface area contributed by atoms with E-state index in [2.05, 4.69) is 12.2 Å². The fourth-order valence-corrected chi connectivity index (χ4v) is 1.72. The van der Waals surface area contributed by atoms with Crippen molar-refractivity contribution in [2.24, 2.45) is 0 Å². The Bertz CT molecular complexity index is 354. The Labute approximate surface area is 115 Å². The number of carbonyl (C=O) groups excluding carboxylic acids is 1. The lowest BCUT2D eigenvalue weighted by molar-refractivity contribution is -0.143. The van der Waals surface area contributed by atoms with Gasteiger partial charge in [0.25, 0.3) is 0 Å². The number of hydrogen-bond donors (Lipinski definition) is 1. The Morgan fingerprint density at radius 3 is 2.63 bits per heavy atom. The first-order valence-electron chi connectivity index (χ1n) is 6.73. The molecule has 1 atom stereocenters. The second-order valence-electron chi connectivity index (χ2n) is 4.29. The molecule has 0 aromatic heterocycles. The summed E-state index contributed by atoms with van der Waals surface area (Å²) in [5, 5.41) is 3.16. The molecule has 1 rings (SSSR count). The molecule has 0 spiro atoms. The third kappa shape index (κ3) is 5.85. The highest BCUT2D eigenvalue weighted by atomic mass is 16.5. The molecule has 0 heterocycles. The molecule has 0 saturated carbocycles. The topological polar surface area (TPSA) is 47.6 Å². The summed E-state index contributed by atoms with van der Waals surface area (Å²) in [5.41, 5.74) is 0.905. The predicted octanol–water partition coefficient (Wildman–Crippen LogP) is 2.31. The summed E-state index contributed by atoms with van der Waals surface area (Å²) >= 11 is 0. The zero-order valence-corrected chi connectivity index (χ0v) is 11.7. The van der Waals surface area contributed by atoms with E-state index in [9.17, 15) is 4.79 Å². The highest BCUT2D eigenvalue weighted by Gasteiger charge is 2.19. The van der Waals surface area contributed by atoms with Gasteiger partial charge in [-0.25, -0.2) is 4.79 Å². The maximum absolute atomic E-state index is 11.8. The van der Waals surface area contributed by atoms with Crippen LogP contribution in [0.2, 0.25) is 0 Å². The van der Waals surface area contributed by atoms with Crippen molar-refractivity contribution in [2.75, 3.05) is 26.9 Å². The Morgan fingerprint density at radius 2 is 2.00 bits per heavy atom. The lowest BCUT2D eigenvalue weighted by Crippen LogP contribution is -2.32. The number of benzene rings is 1. The first kappa shape index (κ1) is 15.7. The van der Waals surface area contributed by atoms with Gasteiger partial charge in [0.05, 0.1) is 13.7 Å². The maximum Gasteiger partial charge on any atom is 0.327 e. The van der Waals surface area contributed by atoms with Crippen molar-refractivity contribution in [3.63, 3.8) is 0 Å². The van der Waals surface area contributed by atoms with Crippen LogP contribution < -0.4 is 5.32 Å². The summed E-state index contributed by atoms with van der Waals surface area (Å²) in [5.74, 6) is -0.278. The fraction of sp³-hybridized carbons (Fsp3) is 0.533. The molecule has 0 aliphatic rings. The number of ether oxygens (including phenoxy) is 2. The smallest absolute Gasteiger partial charge is 0.327 e. The van der Waals surface area contributed by atoms with Crippen LogP contribution in [0.25, 0.3) is 0 Å². The third-order valence-electron chi connectivity index (χ3n) is 2.81. The minimum absolute atomic E-state index is 0.278. The number of nitrogens with one attached hydrogen (secondary N) is 1. The van der Waals surface area contributed by atoms with Crippen LogP contribution in [-0.2, 0) is 14.3 Å². The molecule has 19 heavy (non-hydrogen) atoms. The van der Waals surface area contributed by atoms with Crippen LogP contribution in [0.3, 0.4) is 0 Å². The Balaban J connectivity index is 2.41. The molecule has 0 bridgehead atoms. The molecule has 0 radical (unpaired) electrons. The SMILES string of the molecule is CCCCOCCNC(C(=O)OC)c1ccccc1. The molecular formula is C15H23NO3. The Hall–Kier alpha value is -1.39. The second kappa shape index (κ2) is 9.53. The molecule has 1 unspecified atom stereocenters. The standard InChI is InChI=1S/C15H23NO3/c1-3-4-11-19-12-10-16-14(15(17)18-2)13-8-6-5-7-9-13/h5-9,14,16H,3-4,10-12H2,1-2H3. The van der Waals surface area contributed by atoms with Gasteiger partial charge in [0.2, 0.25) is 0 Å². The van der Waals surface area contributed by atoms with Crippen molar-refractivity contribution in [3.05, 3.63) is 35.9 Å². The van der Waals surface area contributed by atoms with Crippen molar-refractivity contribution < 1.29 is 14.3 Å². The third-order valence-corrected chi connectivity index (χ3v) is 2.81. The molecule has 4 heteroatoms. The number of esters is 1. The second-order valence-corrected chi connectivity index (χ2v) is 4.29. The van der Waals surface area contributed by atoms with Crippen LogP contribution in [0.15, 0.2) is 30.3 Å². The van der Waals surface area contributed by atoms with E-state index in [0.717, 1.165) is 25.0 Å². The van der Waals surface area contributed by atoms with E-state index in [-0.39, 0.29) is 5.97 Å². The highest BCUT2D eigenvalue weighted by molar-refractivity contribution is 5.77. The number of hydrogen-bond acceptors (Lipinski definition) is 4. The van der Waals surface area contributed by atoms with Gasteiger partial charge in [0.15, 0.2) is 0 Å². The number of rotatable bonds is 9. The van der Waals surface area contributed by atoms with Crippen LogP contribution >= 0.6 is 0 Å². The minimum Gasteiger partial charge on any atom is -0.468 e. The maximum atomic E-state index is 11.8. The Morgan fingerprint density at radius 1 is 1.26 bits per heavy atom. The quantitative estimate of drug-likeness (QED) is 0.550. The zero-order chi connectivity index (χ0) is 13.9. The van der Waals surface area contributed by atoms with Crippen molar-refractivity contribution in [1.29, 1.82) is 0 Å². The largest absolute Gasteiger partial charge is 0.468 e. The van der Waals surface area contributed by atoms with Crippen LogP contribution in [0.5, 0.6) is 0 Å². The molecule has 4 nitrogen and oxygen atoms in total. The van der Waals surface area contributed by atoms with E-state index in [1.165, 1.54) is 7.11 Å². The van der Waals surface area contributed by atoms with E-state index >= 15 is 0 Å². The highest BCUT2D eigenvalue weighted by Crippen LogP contribution is 2.13. The van der Waals surface area contributed by atoms with Gasteiger partial charge >= 0.3 is 5.97 Å². The number of methoxy groups -OCH3 is 1. The average Bonchev–Trinajstić information content (AvgIpc) is 2.47. The molecule has 1 aromatic carbocycles. The Kier molecular flexibility index (Phi) is 7.86. The van der Waals surface area contributed by atoms with Gasteiger partial charge in [-0.3, -0.25) is 5.32 Å². The van der Waals surface area contributed by atoms with Crippen LogP contribution in [-0.4, -0.2) is 32.8 Å². The molecular weight excluding hydrogens is 242 g/mol. The molecule has 0 saturated heterocycles. The van der Waals surface area contributed by atoms with Crippen LogP contribution in [0.4, 0.5) is 0 Å². The molecule has 1 aromatic rings. The fourth-order valence-electron chi connectivity index (χ4n) is 1.72. The van der Waals surface area contributed by atoms with E-state index in [0.29, 0.717) is 13.2 Å². The van der Waals surface area contributed by atoms with Gasteiger partial charge in [-0.15, -0.1) is 0 Å². The van der Waals surface area contributed by atoms with Crippen LogP contribution in [0, 0.1) is 0 Å². The van der Waals surface area contributed by atoms with Gasteiger partial charge in [0.1, 0.15) is 6.04 Å². The number of unbranched alkanes of at least 4 members (excludes halogenated alkanes) is 1. The first-order valence-corrected chi connectivity index (χ1v) is 6.73. The summed E-state index contributed by atoms with van der Waals surface area (Å²) in [4.78, 5) is 11.8. The number of carbonyl (C=O) groups is 1. The monoisotopic (exact) mass is 265 g/mol. The van der Waals surface area contributed by atoms with Gasteiger partial charge in [-0.2, -0.15) is 0 Å². The summed E-state index contributed by atoms with van der Waals surface area (Å²) in [6, 6.07) is 9.13. The minimum atomic E-state index is -0.430. The molecule has 1 N–H and O–H groups in total. The van der Waals surface area contributed by atoms with Gasteiger partial charge in [0, 0.05) is 13.2 Å². The van der Waals surface area contributed by atoms with Crippen molar-refractivity contribution in [1.82, 2.24) is 5.32 Å². The van der Waals surface area contributed by atoms with E-state index < -0.39 is 6.04 Å². The zero-order valence-electron chi connectivity index (χ0n) is 11.7. The van der Waals surface area contributed by atoms with Gasteiger partial charge in [-0.05, 0) is 12.0 Å². The van der Waals surface area contributed by atoms with Crippen molar-refractivity contribution >= 4 is 5.97 Å². The van der Waals surface area contributed by atoms with E-state index in [1.807, 2.05) is 30.3 Å². The summed E-state index contributed by atoms with van der Waals surface area (Å²) in [7, 11) is 1.40. The van der Waals surface area contributed by atoms with Crippen molar-refractivity contribution in [2.45, 2.75) is 25.8 Å².